The second-order valence-corrected chi connectivity index (χ2v) is 5.77. The summed E-state index contributed by atoms with van der Waals surface area (Å²) < 4.78 is 29.4. The molecule has 0 fully saturated rings. The molecule has 0 aliphatic carbocycles. The van der Waals surface area contributed by atoms with E-state index in [2.05, 4.69) is 9.72 Å². The van der Waals surface area contributed by atoms with E-state index in [0.29, 0.717) is 11.3 Å². The summed E-state index contributed by atoms with van der Waals surface area (Å²) in [4.78, 5) is 23.6. The number of H-pyrrole nitrogens is 1. The van der Waals surface area contributed by atoms with Crippen LogP contribution in [0.5, 0.6) is 0 Å². The SMILES string of the molecule is COC(=O)CNS(=O)(=O)c1sc(=O)[nH]c1C. The monoisotopic (exact) mass is 266 g/mol. The van der Waals surface area contributed by atoms with Gasteiger partial charge in [-0.05, 0) is 6.92 Å². The maximum atomic E-state index is 11.6. The average Bonchev–Trinajstić information content (AvgIpc) is 2.55. The quantitative estimate of drug-likeness (QED) is 0.694. The van der Waals surface area contributed by atoms with Crippen molar-refractivity contribution in [3.63, 3.8) is 0 Å². The lowest BCUT2D eigenvalue weighted by atomic mass is 10.6. The number of thiazole rings is 1. The van der Waals surface area contributed by atoms with Gasteiger partial charge in [-0.1, -0.05) is 11.3 Å². The lowest BCUT2D eigenvalue weighted by molar-refractivity contribution is -0.139. The van der Waals surface area contributed by atoms with Crippen molar-refractivity contribution < 1.29 is 17.9 Å². The number of carbonyl (C=O) groups is 1. The smallest absolute Gasteiger partial charge is 0.320 e. The molecule has 0 atom stereocenters. The van der Waals surface area contributed by atoms with Crippen molar-refractivity contribution >= 4 is 27.3 Å². The van der Waals surface area contributed by atoms with Gasteiger partial charge in [0.2, 0.25) is 0 Å². The van der Waals surface area contributed by atoms with Crippen molar-refractivity contribution in [2.45, 2.75) is 11.1 Å². The Kier molecular flexibility index (Phi) is 3.83. The average molecular weight is 266 g/mol. The lowest BCUT2D eigenvalue weighted by Gasteiger charge is -2.03. The Morgan fingerprint density at radius 2 is 2.19 bits per heavy atom. The van der Waals surface area contributed by atoms with Gasteiger partial charge in [-0.25, -0.2) is 8.42 Å². The number of rotatable bonds is 4. The highest BCUT2D eigenvalue weighted by molar-refractivity contribution is 7.91. The van der Waals surface area contributed by atoms with E-state index in [4.69, 9.17) is 0 Å². The molecule has 1 aromatic rings. The number of sulfonamides is 1. The fraction of sp³-hybridized carbons (Fsp3) is 0.429. The molecule has 0 aromatic carbocycles. The van der Waals surface area contributed by atoms with Crippen LogP contribution in [0.15, 0.2) is 9.00 Å². The second kappa shape index (κ2) is 4.76. The fourth-order valence-corrected chi connectivity index (χ4v) is 3.25. The van der Waals surface area contributed by atoms with Gasteiger partial charge in [0.15, 0.2) is 4.21 Å². The third-order valence-electron chi connectivity index (χ3n) is 1.66. The van der Waals surface area contributed by atoms with Crippen LogP contribution in [0.3, 0.4) is 0 Å². The Labute approximate surface area is 95.5 Å². The molecule has 1 aromatic heterocycles. The van der Waals surface area contributed by atoms with Crippen molar-refractivity contribution in [2.24, 2.45) is 0 Å². The van der Waals surface area contributed by atoms with E-state index >= 15 is 0 Å². The molecule has 90 valence electrons. The van der Waals surface area contributed by atoms with Crippen LogP contribution in [0.25, 0.3) is 0 Å². The Morgan fingerprint density at radius 1 is 1.56 bits per heavy atom. The van der Waals surface area contributed by atoms with Crippen LogP contribution in [0.2, 0.25) is 0 Å². The number of carbonyl (C=O) groups excluding carboxylic acids is 1. The lowest BCUT2D eigenvalue weighted by Crippen LogP contribution is -2.30. The highest BCUT2D eigenvalue weighted by Crippen LogP contribution is 2.14. The summed E-state index contributed by atoms with van der Waals surface area (Å²) in [7, 11) is -2.69. The summed E-state index contributed by atoms with van der Waals surface area (Å²) >= 11 is 0.567. The van der Waals surface area contributed by atoms with E-state index in [9.17, 15) is 18.0 Å². The highest BCUT2D eigenvalue weighted by atomic mass is 32.2. The first-order valence-corrected chi connectivity index (χ1v) is 6.43. The molecule has 0 bridgehead atoms. The molecule has 0 spiro atoms. The van der Waals surface area contributed by atoms with Crippen LogP contribution in [0, 0.1) is 6.92 Å². The maximum absolute atomic E-state index is 11.6. The van der Waals surface area contributed by atoms with E-state index in [-0.39, 0.29) is 9.90 Å². The fourth-order valence-electron chi connectivity index (χ4n) is 0.938. The molecule has 9 heteroatoms. The zero-order chi connectivity index (χ0) is 12.3. The predicted octanol–water partition coefficient (Wildman–Crippen LogP) is -0.804. The Balaban J connectivity index is 2.91. The van der Waals surface area contributed by atoms with Gasteiger partial charge in [0.1, 0.15) is 6.54 Å². The first kappa shape index (κ1) is 12.9. The first-order valence-electron chi connectivity index (χ1n) is 4.13. The van der Waals surface area contributed by atoms with Crippen molar-refractivity contribution in [3.05, 3.63) is 15.4 Å². The van der Waals surface area contributed by atoms with Gasteiger partial charge in [0, 0.05) is 5.69 Å². The number of aryl methyl sites for hydroxylation is 1. The van der Waals surface area contributed by atoms with Crippen molar-refractivity contribution in [2.75, 3.05) is 13.7 Å². The number of ether oxygens (including phenoxy) is 1. The minimum atomic E-state index is -3.84. The number of hydrogen-bond donors (Lipinski definition) is 2. The zero-order valence-corrected chi connectivity index (χ0v) is 10.2. The van der Waals surface area contributed by atoms with E-state index < -0.39 is 27.4 Å². The Hall–Kier alpha value is -1.19. The standard InChI is InChI=1S/C7H10N2O5S2/c1-4-6(15-7(11)9-4)16(12,13)8-3-5(10)14-2/h8H,3H2,1-2H3,(H,9,11). The molecule has 2 N–H and O–H groups in total. The summed E-state index contributed by atoms with van der Waals surface area (Å²) in [5.74, 6) is -0.705. The van der Waals surface area contributed by atoms with E-state index in [1.807, 2.05) is 4.72 Å². The number of nitrogens with one attached hydrogen (secondary N) is 2. The van der Waals surface area contributed by atoms with Gasteiger partial charge in [-0.15, -0.1) is 0 Å². The maximum Gasteiger partial charge on any atom is 0.320 e. The highest BCUT2D eigenvalue weighted by Gasteiger charge is 2.21. The van der Waals surface area contributed by atoms with E-state index in [1.165, 1.54) is 6.92 Å². The molecule has 1 rings (SSSR count). The van der Waals surface area contributed by atoms with Crippen LogP contribution < -0.4 is 9.60 Å². The number of hydrogen-bond acceptors (Lipinski definition) is 6. The normalized spacial score (nSPS) is 11.4. The second-order valence-electron chi connectivity index (χ2n) is 2.83. The van der Waals surface area contributed by atoms with E-state index in [1.54, 1.807) is 0 Å². The predicted molar refractivity (Wildman–Crippen MR) is 56.9 cm³/mol. The van der Waals surface area contributed by atoms with Gasteiger partial charge >= 0.3 is 10.8 Å². The molecule has 0 radical (unpaired) electrons. The van der Waals surface area contributed by atoms with E-state index in [0.717, 1.165) is 7.11 Å². The number of aromatic amines is 1. The molecular formula is C7H10N2O5S2. The topological polar surface area (TPSA) is 105 Å². The van der Waals surface area contributed by atoms with Crippen molar-refractivity contribution in [1.82, 2.24) is 9.71 Å². The molecular weight excluding hydrogens is 256 g/mol. The molecule has 0 aliphatic heterocycles. The summed E-state index contributed by atoms with van der Waals surface area (Å²) in [6.07, 6.45) is 0. The molecule has 0 aliphatic rings. The summed E-state index contributed by atoms with van der Waals surface area (Å²) in [6, 6.07) is 0. The third-order valence-corrected chi connectivity index (χ3v) is 4.67. The minimum absolute atomic E-state index is 0.124. The summed E-state index contributed by atoms with van der Waals surface area (Å²) in [5, 5.41) is 0. The van der Waals surface area contributed by atoms with Crippen LogP contribution in [-0.2, 0) is 19.6 Å². The molecule has 0 saturated heterocycles. The van der Waals surface area contributed by atoms with Crippen LogP contribution in [0.4, 0.5) is 0 Å². The van der Waals surface area contributed by atoms with Crippen LogP contribution in [-0.4, -0.2) is 33.0 Å². The van der Waals surface area contributed by atoms with Gasteiger partial charge in [-0.2, -0.15) is 4.72 Å². The first-order chi connectivity index (χ1) is 7.36. The van der Waals surface area contributed by atoms with Gasteiger partial charge in [0.05, 0.1) is 7.11 Å². The minimum Gasteiger partial charge on any atom is -0.468 e. The van der Waals surface area contributed by atoms with Gasteiger partial charge in [0.25, 0.3) is 10.0 Å². The van der Waals surface area contributed by atoms with Crippen molar-refractivity contribution in [1.29, 1.82) is 0 Å². The number of aromatic nitrogens is 1. The van der Waals surface area contributed by atoms with Crippen LogP contribution >= 0.6 is 11.3 Å². The summed E-state index contributed by atoms with van der Waals surface area (Å²) in [6.45, 7) is 0.995. The number of esters is 1. The van der Waals surface area contributed by atoms with Gasteiger partial charge in [-0.3, -0.25) is 9.59 Å². The summed E-state index contributed by atoms with van der Waals surface area (Å²) in [5.41, 5.74) is 0.243. The van der Waals surface area contributed by atoms with Gasteiger partial charge < -0.3 is 9.72 Å². The molecule has 1 heterocycles. The Bertz CT molecular complexity index is 541. The number of methoxy groups -OCH3 is 1. The molecule has 0 amide bonds. The molecule has 0 unspecified atom stereocenters. The largest absolute Gasteiger partial charge is 0.468 e. The molecule has 0 saturated carbocycles. The van der Waals surface area contributed by atoms with Crippen LogP contribution in [0.1, 0.15) is 5.69 Å². The van der Waals surface area contributed by atoms with Crippen molar-refractivity contribution in [3.8, 4) is 0 Å². The molecule has 7 nitrogen and oxygen atoms in total. The molecule has 16 heavy (non-hydrogen) atoms. The third kappa shape index (κ3) is 2.90. The zero-order valence-electron chi connectivity index (χ0n) is 8.56. The Morgan fingerprint density at radius 3 is 2.62 bits per heavy atom.